The molecule has 0 saturated heterocycles. The van der Waals surface area contributed by atoms with Crippen LogP contribution in [0, 0.1) is 0 Å². The first kappa shape index (κ1) is 13.3. The minimum absolute atomic E-state index is 0.127. The third-order valence-electron chi connectivity index (χ3n) is 2.15. The Morgan fingerprint density at radius 3 is 2.56 bits per heavy atom. The Bertz CT molecular complexity index is 431. The van der Waals surface area contributed by atoms with Gasteiger partial charge in [-0.05, 0) is 11.6 Å². The van der Waals surface area contributed by atoms with Crippen LogP contribution in [0.3, 0.4) is 0 Å². The molecule has 0 atom stereocenters. The Balaban J connectivity index is 2.62. The van der Waals surface area contributed by atoms with Crippen molar-refractivity contribution in [3.63, 3.8) is 0 Å². The third-order valence-corrected chi connectivity index (χ3v) is 3.38. The zero-order chi connectivity index (χ0) is 12.2. The van der Waals surface area contributed by atoms with Crippen LogP contribution in [0.15, 0.2) is 18.3 Å². The fourth-order valence-electron chi connectivity index (χ4n) is 1.14. The standard InChI is InChI=1S/C10H15ClN2O2S/c1-13(5-6-16(2,14)15)10-4-3-9(7-11)8-12-10/h3-4,8H,5-7H2,1-2H3. The summed E-state index contributed by atoms with van der Waals surface area (Å²) in [6, 6.07) is 3.71. The van der Waals surface area contributed by atoms with Gasteiger partial charge in [0.05, 0.1) is 5.75 Å². The molecular formula is C10H15ClN2O2S. The van der Waals surface area contributed by atoms with Gasteiger partial charge in [0.1, 0.15) is 15.7 Å². The van der Waals surface area contributed by atoms with E-state index in [9.17, 15) is 8.42 Å². The predicted octanol–water partition coefficient (Wildman–Crippen LogP) is 1.30. The number of nitrogens with zero attached hydrogens (tertiary/aromatic N) is 2. The Morgan fingerprint density at radius 1 is 1.44 bits per heavy atom. The van der Waals surface area contributed by atoms with Gasteiger partial charge in [0.15, 0.2) is 0 Å². The molecule has 0 aliphatic heterocycles. The molecule has 0 unspecified atom stereocenters. The Hall–Kier alpha value is -0.810. The van der Waals surface area contributed by atoms with Crippen LogP contribution in [0.4, 0.5) is 5.82 Å². The van der Waals surface area contributed by atoms with Crippen LogP contribution in [-0.2, 0) is 15.7 Å². The average Bonchev–Trinajstić information content (AvgIpc) is 2.25. The van der Waals surface area contributed by atoms with Gasteiger partial charge in [-0.25, -0.2) is 13.4 Å². The normalized spacial score (nSPS) is 11.4. The molecule has 0 spiro atoms. The second-order valence-electron chi connectivity index (χ2n) is 3.71. The average molecular weight is 263 g/mol. The van der Waals surface area contributed by atoms with E-state index in [0.29, 0.717) is 12.4 Å². The van der Waals surface area contributed by atoms with Crippen molar-refractivity contribution in [3.8, 4) is 0 Å². The fourth-order valence-corrected chi connectivity index (χ4v) is 1.90. The van der Waals surface area contributed by atoms with Crippen molar-refractivity contribution in [2.45, 2.75) is 5.88 Å². The van der Waals surface area contributed by atoms with E-state index in [4.69, 9.17) is 11.6 Å². The van der Waals surface area contributed by atoms with Crippen LogP contribution in [0.1, 0.15) is 5.56 Å². The van der Waals surface area contributed by atoms with Gasteiger partial charge < -0.3 is 4.90 Å². The van der Waals surface area contributed by atoms with E-state index in [1.807, 2.05) is 19.2 Å². The molecule has 0 saturated carbocycles. The van der Waals surface area contributed by atoms with E-state index in [-0.39, 0.29) is 5.75 Å². The van der Waals surface area contributed by atoms with Gasteiger partial charge in [-0.15, -0.1) is 11.6 Å². The summed E-state index contributed by atoms with van der Waals surface area (Å²) in [4.78, 5) is 6.00. The summed E-state index contributed by atoms with van der Waals surface area (Å²) in [5, 5.41) is 0. The van der Waals surface area contributed by atoms with Crippen molar-refractivity contribution in [1.82, 2.24) is 4.98 Å². The molecule has 0 radical (unpaired) electrons. The highest BCUT2D eigenvalue weighted by atomic mass is 35.5. The second-order valence-corrected chi connectivity index (χ2v) is 6.24. The molecule has 1 aromatic rings. The van der Waals surface area contributed by atoms with Crippen molar-refractivity contribution in [2.24, 2.45) is 0 Å². The van der Waals surface area contributed by atoms with E-state index in [1.54, 1.807) is 11.1 Å². The molecule has 4 nitrogen and oxygen atoms in total. The van der Waals surface area contributed by atoms with E-state index in [1.165, 1.54) is 6.26 Å². The first-order valence-electron chi connectivity index (χ1n) is 4.82. The number of sulfone groups is 1. The van der Waals surface area contributed by atoms with Crippen LogP contribution in [0.2, 0.25) is 0 Å². The zero-order valence-corrected chi connectivity index (χ0v) is 10.9. The molecule has 90 valence electrons. The maximum atomic E-state index is 11.0. The molecular weight excluding hydrogens is 248 g/mol. The smallest absolute Gasteiger partial charge is 0.149 e. The number of hydrogen-bond donors (Lipinski definition) is 0. The van der Waals surface area contributed by atoms with Crippen LogP contribution in [0.25, 0.3) is 0 Å². The van der Waals surface area contributed by atoms with Gasteiger partial charge in [0, 0.05) is 31.9 Å². The molecule has 0 N–H and O–H groups in total. The fraction of sp³-hybridized carbons (Fsp3) is 0.500. The topological polar surface area (TPSA) is 50.3 Å². The molecule has 0 fully saturated rings. The molecule has 16 heavy (non-hydrogen) atoms. The monoisotopic (exact) mass is 262 g/mol. The van der Waals surface area contributed by atoms with Crippen LogP contribution in [0.5, 0.6) is 0 Å². The molecule has 1 rings (SSSR count). The highest BCUT2D eigenvalue weighted by Gasteiger charge is 2.07. The van der Waals surface area contributed by atoms with Gasteiger partial charge in [-0.1, -0.05) is 6.07 Å². The highest BCUT2D eigenvalue weighted by Crippen LogP contribution is 2.10. The lowest BCUT2D eigenvalue weighted by molar-refractivity contribution is 0.601. The minimum atomic E-state index is -2.93. The van der Waals surface area contributed by atoms with Crippen LogP contribution >= 0.6 is 11.6 Å². The van der Waals surface area contributed by atoms with Crippen molar-refractivity contribution in [2.75, 3.05) is 30.5 Å². The summed E-state index contributed by atoms with van der Waals surface area (Å²) in [5.74, 6) is 1.31. The third kappa shape index (κ3) is 4.37. The van der Waals surface area contributed by atoms with Gasteiger partial charge in [-0.2, -0.15) is 0 Å². The number of halogens is 1. The minimum Gasteiger partial charge on any atom is -0.359 e. The van der Waals surface area contributed by atoms with Gasteiger partial charge in [0.25, 0.3) is 0 Å². The highest BCUT2D eigenvalue weighted by molar-refractivity contribution is 7.90. The van der Waals surface area contributed by atoms with Crippen molar-refractivity contribution in [1.29, 1.82) is 0 Å². The second kappa shape index (κ2) is 5.50. The molecule has 1 aromatic heterocycles. The summed E-state index contributed by atoms with van der Waals surface area (Å²) in [7, 11) is -1.12. The molecule has 0 bridgehead atoms. The summed E-state index contributed by atoms with van der Waals surface area (Å²) >= 11 is 5.65. The van der Waals surface area contributed by atoms with Crippen molar-refractivity contribution < 1.29 is 8.42 Å². The number of rotatable bonds is 5. The summed E-state index contributed by atoms with van der Waals surface area (Å²) < 4.78 is 22.0. The summed E-state index contributed by atoms with van der Waals surface area (Å²) in [6.45, 7) is 0.437. The van der Waals surface area contributed by atoms with Crippen LogP contribution in [-0.4, -0.2) is 39.0 Å². The lowest BCUT2D eigenvalue weighted by atomic mass is 10.3. The zero-order valence-electron chi connectivity index (χ0n) is 9.35. The summed E-state index contributed by atoms with van der Waals surface area (Å²) in [5.41, 5.74) is 0.946. The van der Waals surface area contributed by atoms with E-state index >= 15 is 0 Å². The number of alkyl halides is 1. The number of hydrogen-bond acceptors (Lipinski definition) is 4. The predicted molar refractivity (Wildman–Crippen MR) is 66.8 cm³/mol. The first-order chi connectivity index (χ1) is 7.42. The van der Waals surface area contributed by atoms with E-state index in [0.717, 1.165) is 11.4 Å². The van der Waals surface area contributed by atoms with Crippen molar-refractivity contribution >= 4 is 27.3 Å². The van der Waals surface area contributed by atoms with Gasteiger partial charge >= 0.3 is 0 Å². The van der Waals surface area contributed by atoms with Crippen LogP contribution < -0.4 is 4.90 Å². The Kier molecular flexibility index (Phi) is 4.56. The Morgan fingerprint density at radius 2 is 2.12 bits per heavy atom. The first-order valence-corrected chi connectivity index (χ1v) is 7.41. The largest absolute Gasteiger partial charge is 0.359 e. The maximum Gasteiger partial charge on any atom is 0.149 e. The molecule has 0 amide bonds. The SMILES string of the molecule is CN(CCS(C)(=O)=O)c1ccc(CCl)cn1. The van der Waals surface area contributed by atoms with Crippen molar-refractivity contribution in [3.05, 3.63) is 23.9 Å². The quantitative estimate of drug-likeness (QED) is 0.751. The molecule has 6 heteroatoms. The lowest BCUT2D eigenvalue weighted by Gasteiger charge is -2.17. The Labute approximate surface area is 101 Å². The number of aromatic nitrogens is 1. The molecule has 0 aromatic carbocycles. The van der Waals surface area contributed by atoms with E-state index in [2.05, 4.69) is 4.98 Å². The number of anilines is 1. The maximum absolute atomic E-state index is 11.0. The summed E-state index contributed by atoms with van der Waals surface area (Å²) in [6.07, 6.45) is 2.92. The number of pyridine rings is 1. The van der Waals surface area contributed by atoms with Gasteiger partial charge in [0.2, 0.25) is 0 Å². The van der Waals surface area contributed by atoms with E-state index < -0.39 is 9.84 Å². The molecule has 0 aliphatic rings. The lowest BCUT2D eigenvalue weighted by Crippen LogP contribution is -2.25. The molecule has 1 heterocycles. The molecule has 0 aliphatic carbocycles. The van der Waals surface area contributed by atoms with Gasteiger partial charge in [-0.3, -0.25) is 0 Å².